The molecule has 156 valence electrons. The van der Waals surface area contributed by atoms with E-state index in [0.717, 1.165) is 37.9 Å². The number of benzene rings is 2. The van der Waals surface area contributed by atoms with Crippen molar-refractivity contribution < 1.29 is 13.9 Å². The summed E-state index contributed by atoms with van der Waals surface area (Å²) < 4.78 is 19.6. The number of carbonyl (C=O) groups excluding carboxylic acids is 1. The minimum absolute atomic E-state index is 0.0348. The second-order valence-corrected chi connectivity index (χ2v) is 7.34. The number of piperazine rings is 1. The predicted molar refractivity (Wildman–Crippen MR) is 115 cm³/mol. The van der Waals surface area contributed by atoms with E-state index in [1.54, 1.807) is 37.4 Å². The summed E-state index contributed by atoms with van der Waals surface area (Å²) in [6.45, 7) is 3.23. The fourth-order valence-electron chi connectivity index (χ4n) is 3.61. The van der Waals surface area contributed by atoms with Crippen LogP contribution in [0.5, 0.6) is 5.75 Å². The molecule has 1 saturated heterocycles. The van der Waals surface area contributed by atoms with Crippen LogP contribution in [-0.4, -0.2) is 56.1 Å². The van der Waals surface area contributed by atoms with Gasteiger partial charge in [0.2, 0.25) is 0 Å². The lowest BCUT2D eigenvalue weighted by Gasteiger charge is -2.34. The second-order valence-electron chi connectivity index (χ2n) is 7.34. The van der Waals surface area contributed by atoms with E-state index < -0.39 is 17.2 Å². The number of halogens is 1. The van der Waals surface area contributed by atoms with E-state index >= 15 is 0 Å². The molecule has 1 aromatic heterocycles. The number of methoxy groups -OCH3 is 1. The Hall–Kier alpha value is -3.39. The highest BCUT2D eigenvalue weighted by Gasteiger charge is 2.20. The number of hydrogen-bond acceptors (Lipinski definition) is 5. The molecule has 0 aliphatic carbocycles. The molecule has 30 heavy (non-hydrogen) atoms. The summed E-state index contributed by atoms with van der Waals surface area (Å²) in [5.74, 6) is -0.418. The van der Waals surface area contributed by atoms with Crippen molar-refractivity contribution in [3.63, 3.8) is 0 Å². The number of likely N-dealkylation sites (N-methyl/N-ethyl adjacent to an activating group) is 1. The normalized spacial score (nSPS) is 14.7. The summed E-state index contributed by atoms with van der Waals surface area (Å²) in [4.78, 5) is 32.7. The molecule has 0 atom stereocenters. The van der Waals surface area contributed by atoms with Gasteiger partial charge in [-0.05, 0) is 43.4 Å². The number of H-pyrrole nitrogens is 1. The topological polar surface area (TPSA) is 77.7 Å². The molecule has 2 N–H and O–H groups in total. The van der Waals surface area contributed by atoms with E-state index in [2.05, 4.69) is 20.1 Å². The largest absolute Gasteiger partial charge is 0.497 e. The molecule has 1 fully saturated rings. The van der Waals surface area contributed by atoms with Crippen molar-refractivity contribution in [3.8, 4) is 5.75 Å². The molecule has 0 saturated carbocycles. The molecule has 1 aliphatic rings. The first-order valence-electron chi connectivity index (χ1n) is 9.70. The summed E-state index contributed by atoms with van der Waals surface area (Å²) in [6, 6.07) is 10.9. The van der Waals surface area contributed by atoms with Crippen LogP contribution in [0.1, 0.15) is 10.5 Å². The minimum Gasteiger partial charge on any atom is -0.497 e. The molecule has 7 nitrogen and oxygen atoms in total. The zero-order valence-corrected chi connectivity index (χ0v) is 16.9. The number of aromatic amines is 1. The van der Waals surface area contributed by atoms with Crippen molar-refractivity contribution in [3.05, 3.63) is 64.2 Å². The van der Waals surface area contributed by atoms with Gasteiger partial charge in [-0.15, -0.1) is 0 Å². The van der Waals surface area contributed by atoms with E-state index in [4.69, 9.17) is 4.74 Å². The lowest BCUT2D eigenvalue weighted by Crippen LogP contribution is -2.44. The smallest absolute Gasteiger partial charge is 0.272 e. The maximum absolute atomic E-state index is 14.4. The number of carbonyl (C=O) groups is 1. The van der Waals surface area contributed by atoms with Gasteiger partial charge in [-0.2, -0.15) is 0 Å². The number of fused-ring (bicyclic) bond motifs is 1. The molecule has 2 heterocycles. The van der Waals surface area contributed by atoms with Crippen LogP contribution >= 0.6 is 0 Å². The SMILES string of the molecule is COc1ccc(NC(=O)c2cc(=O)c3c(F)ccc(N4CCN(C)CC4)c3[nH]2)cc1. The van der Waals surface area contributed by atoms with Crippen LogP contribution in [0.2, 0.25) is 0 Å². The van der Waals surface area contributed by atoms with Gasteiger partial charge in [-0.25, -0.2) is 4.39 Å². The van der Waals surface area contributed by atoms with Crippen LogP contribution in [0.25, 0.3) is 10.9 Å². The van der Waals surface area contributed by atoms with Crippen molar-refractivity contribution >= 4 is 28.2 Å². The average Bonchev–Trinajstić information content (AvgIpc) is 2.75. The lowest BCUT2D eigenvalue weighted by molar-refractivity contribution is 0.102. The van der Waals surface area contributed by atoms with Gasteiger partial charge in [0.25, 0.3) is 5.91 Å². The highest BCUT2D eigenvalue weighted by molar-refractivity contribution is 6.05. The summed E-state index contributed by atoms with van der Waals surface area (Å²) in [6.07, 6.45) is 0. The first kappa shape index (κ1) is 19.9. The number of hydrogen-bond donors (Lipinski definition) is 2. The van der Waals surface area contributed by atoms with E-state index in [1.807, 2.05) is 7.05 Å². The minimum atomic E-state index is -0.605. The fourth-order valence-corrected chi connectivity index (χ4v) is 3.61. The van der Waals surface area contributed by atoms with Crippen molar-refractivity contribution in [1.29, 1.82) is 0 Å². The summed E-state index contributed by atoms with van der Waals surface area (Å²) in [5, 5.41) is 2.71. The van der Waals surface area contributed by atoms with Crippen LogP contribution in [-0.2, 0) is 0 Å². The Bertz CT molecular complexity index is 1140. The Morgan fingerprint density at radius 3 is 2.47 bits per heavy atom. The molecule has 0 spiro atoms. The monoisotopic (exact) mass is 410 g/mol. The molecule has 0 bridgehead atoms. The molecule has 3 aromatic rings. The fraction of sp³-hybridized carbons (Fsp3) is 0.273. The lowest BCUT2D eigenvalue weighted by atomic mass is 10.1. The van der Waals surface area contributed by atoms with Crippen LogP contribution in [0.3, 0.4) is 0 Å². The van der Waals surface area contributed by atoms with Gasteiger partial charge in [0.1, 0.15) is 17.3 Å². The van der Waals surface area contributed by atoms with Gasteiger partial charge in [-0.3, -0.25) is 9.59 Å². The Morgan fingerprint density at radius 2 is 1.80 bits per heavy atom. The second kappa shape index (κ2) is 8.16. The highest BCUT2D eigenvalue weighted by Crippen LogP contribution is 2.27. The van der Waals surface area contributed by atoms with Gasteiger partial charge in [0.15, 0.2) is 5.43 Å². The molecule has 0 unspecified atom stereocenters. The number of rotatable bonds is 4. The third-order valence-electron chi connectivity index (χ3n) is 5.35. The number of anilines is 2. The van der Waals surface area contributed by atoms with Gasteiger partial charge < -0.3 is 24.8 Å². The predicted octanol–water partition coefficient (Wildman–Crippen LogP) is 2.68. The highest BCUT2D eigenvalue weighted by atomic mass is 19.1. The van der Waals surface area contributed by atoms with Crippen LogP contribution in [0.4, 0.5) is 15.8 Å². The first-order chi connectivity index (χ1) is 14.5. The Labute approximate surface area is 173 Å². The molecule has 1 amide bonds. The Balaban J connectivity index is 1.71. The average molecular weight is 410 g/mol. The number of pyridine rings is 1. The van der Waals surface area contributed by atoms with Crippen LogP contribution in [0.15, 0.2) is 47.3 Å². The van der Waals surface area contributed by atoms with E-state index in [-0.39, 0.29) is 11.1 Å². The number of nitrogens with one attached hydrogen (secondary N) is 2. The van der Waals surface area contributed by atoms with Crippen molar-refractivity contribution in [2.24, 2.45) is 0 Å². The molecule has 2 aromatic carbocycles. The molecule has 0 radical (unpaired) electrons. The van der Waals surface area contributed by atoms with Crippen molar-refractivity contribution in [2.45, 2.75) is 0 Å². The molecule has 1 aliphatic heterocycles. The maximum atomic E-state index is 14.4. The third kappa shape index (κ3) is 3.86. The molecule has 8 heteroatoms. The van der Waals surface area contributed by atoms with E-state index in [1.165, 1.54) is 6.07 Å². The summed E-state index contributed by atoms with van der Waals surface area (Å²) in [7, 11) is 3.61. The molecular weight excluding hydrogens is 387 g/mol. The zero-order valence-electron chi connectivity index (χ0n) is 16.9. The number of aromatic nitrogens is 1. The first-order valence-corrected chi connectivity index (χ1v) is 9.70. The number of amides is 1. The number of ether oxygens (including phenoxy) is 1. The quantitative estimate of drug-likeness (QED) is 0.692. The van der Waals surface area contributed by atoms with Crippen molar-refractivity contribution in [1.82, 2.24) is 9.88 Å². The zero-order chi connectivity index (χ0) is 21.3. The van der Waals surface area contributed by atoms with Gasteiger partial charge in [0, 0.05) is 37.9 Å². The van der Waals surface area contributed by atoms with E-state index in [0.29, 0.717) is 17.0 Å². The summed E-state index contributed by atoms with van der Waals surface area (Å²) in [5.41, 5.74) is 1.16. The number of nitrogens with zero attached hydrogens (tertiary/aromatic N) is 2. The third-order valence-corrected chi connectivity index (χ3v) is 5.35. The van der Waals surface area contributed by atoms with Gasteiger partial charge in [-0.1, -0.05) is 0 Å². The Kier molecular flexibility index (Phi) is 5.41. The maximum Gasteiger partial charge on any atom is 0.272 e. The molecular formula is C22H23FN4O3. The summed E-state index contributed by atoms with van der Waals surface area (Å²) >= 11 is 0. The molecule has 4 rings (SSSR count). The van der Waals surface area contributed by atoms with E-state index in [9.17, 15) is 14.0 Å². The standard InChI is InChI=1S/C22H23FN4O3/c1-26-9-11-27(12-10-26)18-8-7-16(23)20-19(28)13-17(25-21(18)20)22(29)24-14-3-5-15(30-2)6-4-14/h3-8,13H,9-12H2,1-2H3,(H,24,29)(H,25,28). The van der Waals surface area contributed by atoms with Gasteiger partial charge >= 0.3 is 0 Å². The van der Waals surface area contributed by atoms with Crippen LogP contribution < -0.4 is 20.4 Å². The van der Waals surface area contributed by atoms with Crippen molar-refractivity contribution in [2.75, 3.05) is 50.6 Å². The Morgan fingerprint density at radius 1 is 1.10 bits per heavy atom. The van der Waals surface area contributed by atoms with Crippen LogP contribution in [0, 0.1) is 5.82 Å². The van der Waals surface area contributed by atoms with Gasteiger partial charge in [0.05, 0.1) is 23.7 Å².